The number of anilines is 1. The van der Waals surface area contributed by atoms with E-state index in [-0.39, 0.29) is 24.3 Å². The lowest BCUT2D eigenvalue weighted by molar-refractivity contribution is -0.143. The van der Waals surface area contributed by atoms with Gasteiger partial charge in [0, 0.05) is 27.3 Å². The van der Waals surface area contributed by atoms with Gasteiger partial charge in [-0.15, -0.1) is 0 Å². The van der Waals surface area contributed by atoms with Crippen molar-refractivity contribution in [2.75, 3.05) is 12.3 Å². The number of nitrogens with two attached hydrogens (primary N) is 1. The van der Waals surface area contributed by atoms with Gasteiger partial charge in [-0.3, -0.25) is 9.59 Å². The monoisotopic (exact) mass is 466 g/mol. The number of carbonyl (C=O) groups is 2. The van der Waals surface area contributed by atoms with Crippen LogP contribution >= 0.6 is 22.6 Å². The van der Waals surface area contributed by atoms with Crippen molar-refractivity contribution in [2.45, 2.75) is 32.7 Å². The van der Waals surface area contributed by atoms with Crippen LogP contribution in [0.15, 0.2) is 42.5 Å². The maximum atomic E-state index is 12.8. The summed E-state index contributed by atoms with van der Waals surface area (Å²) in [6, 6.07) is 13.2. The van der Waals surface area contributed by atoms with Crippen LogP contribution in [0.5, 0.6) is 0 Å². The predicted octanol–water partition coefficient (Wildman–Crippen LogP) is 3.54. The molecule has 6 heteroatoms. The number of ether oxygens (including phenoxy) is 1. The average molecular weight is 466 g/mol. The highest BCUT2D eigenvalue weighted by Crippen LogP contribution is 2.24. The number of esters is 1. The van der Waals surface area contributed by atoms with Crippen LogP contribution in [0.4, 0.5) is 5.69 Å². The largest absolute Gasteiger partial charge is 0.466 e. The zero-order chi connectivity index (χ0) is 19.1. The molecule has 1 unspecified atom stereocenters. The van der Waals surface area contributed by atoms with Crippen molar-refractivity contribution in [3.63, 3.8) is 0 Å². The molecule has 0 aliphatic rings. The Kier molecular flexibility index (Phi) is 7.44. The van der Waals surface area contributed by atoms with Crippen LogP contribution in [0.3, 0.4) is 0 Å². The number of amides is 1. The molecule has 0 aliphatic carbocycles. The first-order chi connectivity index (χ1) is 12.4. The van der Waals surface area contributed by atoms with E-state index in [9.17, 15) is 9.59 Å². The standard InChI is InChI=1S/C20H23IN2O3/c1-3-26-19(24)9-13(2)23-20(25)17-11-15(21)12-18(22)16(17)10-14-7-5-4-6-8-14/h4-8,11-13H,3,9-10,22H2,1-2H3,(H,23,25). The number of nitrogen functional groups attached to an aromatic ring is 1. The van der Waals surface area contributed by atoms with E-state index in [1.807, 2.05) is 42.5 Å². The second-order valence-electron chi connectivity index (χ2n) is 6.07. The average Bonchev–Trinajstić information content (AvgIpc) is 2.57. The number of rotatable bonds is 7. The van der Waals surface area contributed by atoms with Gasteiger partial charge in [0.15, 0.2) is 0 Å². The van der Waals surface area contributed by atoms with Gasteiger partial charge in [0.05, 0.1) is 13.0 Å². The SMILES string of the molecule is CCOC(=O)CC(C)NC(=O)c1cc(I)cc(N)c1Cc1ccccc1. The van der Waals surface area contributed by atoms with Crippen LogP contribution < -0.4 is 11.1 Å². The lowest BCUT2D eigenvalue weighted by atomic mass is 9.97. The highest BCUT2D eigenvalue weighted by atomic mass is 127. The van der Waals surface area contributed by atoms with Crippen molar-refractivity contribution in [1.29, 1.82) is 0 Å². The second kappa shape index (κ2) is 9.56. The fourth-order valence-corrected chi connectivity index (χ4v) is 3.33. The minimum Gasteiger partial charge on any atom is -0.466 e. The van der Waals surface area contributed by atoms with Crippen LogP contribution in [-0.2, 0) is 16.0 Å². The molecule has 0 saturated carbocycles. The number of hydrogen-bond acceptors (Lipinski definition) is 4. The normalized spacial score (nSPS) is 11.7. The molecule has 2 rings (SSSR count). The highest BCUT2D eigenvalue weighted by molar-refractivity contribution is 14.1. The first kappa shape index (κ1) is 20.2. The van der Waals surface area contributed by atoms with Gasteiger partial charge in [0.25, 0.3) is 5.91 Å². The Balaban J connectivity index is 2.21. The number of halogens is 1. The summed E-state index contributed by atoms with van der Waals surface area (Å²) >= 11 is 2.14. The minimum absolute atomic E-state index is 0.132. The molecule has 0 bridgehead atoms. The summed E-state index contributed by atoms with van der Waals surface area (Å²) in [6.07, 6.45) is 0.700. The van der Waals surface area contributed by atoms with Crippen LogP contribution in [0, 0.1) is 3.57 Å². The molecule has 138 valence electrons. The molecule has 0 aromatic heterocycles. The topological polar surface area (TPSA) is 81.4 Å². The first-order valence-electron chi connectivity index (χ1n) is 8.49. The molecule has 0 aliphatic heterocycles. The molecule has 0 radical (unpaired) electrons. The fraction of sp³-hybridized carbons (Fsp3) is 0.300. The first-order valence-corrected chi connectivity index (χ1v) is 9.56. The van der Waals surface area contributed by atoms with Crippen molar-refractivity contribution in [1.82, 2.24) is 5.32 Å². The van der Waals surface area contributed by atoms with Gasteiger partial charge in [-0.1, -0.05) is 30.3 Å². The summed E-state index contributed by atoms with van der Waals surface area (Å²) in [5, 5.41) is 2.87. The molecule has 2 aromatic carbocycles. The Hall–Kier alpha value is -2.09. The third kappa shape index (κ3) is 5.72. The third-order valence-corrected chi connectivity index (χ3v) is 4.50. The van der Waals surface area contributed by atoms with Gasteiger partial charge in [0.2, 0.25) is 0 Å². The van der Waals surface area contributed by atoms with E-state index in [1.54, 1.807) is 13.8 Å². The molecule has 1 atom stereocenters. The van der Waals surface area contributed by atoms with Crippen LogP contribution in [-0.4, -0.2) is 24.5 Å². The van der Waals surface area contributed by atoms with E-state index in [0.717, 1.165) is 14.7 Å². The van der Waals surface area contributed by atoms with Crippen molar-refractivity contribution >= 4 is 40.2 Å². The number of benzene rings is 2. The fourth-order valence-electron chi connectivity index (χ4n) is 2.68. The zero-order valence-corrected chi connectivity index (χ0v) is 17.1. The molecular weight excluding hydrogens is 443 g/mol. The molecule has 0 saturated heterocycles. The van der Waals surface area contributed by atoms with E-state index in [0.29, 0.717) is 24.3 Å². The summed E-state index contributed by atoms with van der Waals surface area (Å²) in [5.74, 6) is -0.565. The van der Waals surface area contributed by atoms with Gasteiger partial charge in [0.1, 0.15) is 0 Å². The molecular formula is C20H23IN2O3. The van der Waals surface area contributed by atoms with Crippen molar-refractivity contribution in [2.24, 2.45) is 0 Å². The summed E-state index contributed by atoms with van der Waals surface area (Å²) in [4.78, 5) is 24.4. The van der Waals surface area contributed by atoms with E-state index >= 15 is 0 Å². The molecule has 0 heterocycles. The molecule has 0 fully saturated rings. The number of nitrogens with one attached hydrogen (secondary N) is 1. The Morgan fingerprint density at radius 2 is 1.92 bits per heavy atom. The maximum Gasteiger partial charge on any atom is 0.307 e. The Labute approximate surface area is 167 Å². The van der Waals surface area contributed by atoms with E-state index in [4.69, 9.17) is 10.5 Å². The molecule has 26 heavy (non-hydrogen) atoms. The molecule has 1 amide bonds. The molecule has 3 N–H and O–H groups in total. The Bertz CT molecular complexity index is 778. The van der Waals surface area contributed by atoms with Crippen LogP contribution in [0.1, 0.15) is 41.8 Å². The molecule has 5 nitrogen and oxygen atoms in total. The second-order valence-corrected chi connectivity index (χ2v) is 7.31. The Morgan fingerprint density at radius 3 is 2.58 bits per heavy atom. The van der Waals surface area contributed by atoms with E-state index < -0.39 is 0 Å². The maximum absolute atomic E-state index is 12.8. The Morgan fingerprint density at radius 1 is 1.23 bits per heavy atom. The van der Waals surface area contributed by atoms with Gasteiger partial charge >= 0.3 is 5.97 Å². The van der Waals surface area contributed by atoms with E-state index in [1.165, 1.54) is 0 Å². The zero-order valence-electron chi connectivity index (χ0n) is 14.9. The lowest BCUT2D eigenvalue weighted by Gasteiger charge is -2.17. The lowest BCUT2D eigenvalue weighted by Crippen LogP contribution is -2.35. The number of hydrogen-bond donors (Lipinski definition) is 2. The van der Waals surface area contributed by atoms with Gasteiger partial charge < -0.3 is 15.8 Å². The van der Waals surface area contributed by atoms with Crippen LogP contribution in [0.2, 0.25) is 0 Å². The highest BCUT2D eigenvalue weighted by Gasteiger charge is 2.19. The van der Waals surface area contributed by atoms with Gasteiger partial charge in [-0.2, -0.15) is 0 Å². The summed E-state index contributed by atoms with van der Waals surface area (Å²) < 4.78 is 5.82. The van der Waals surface area contributed by atoms with E-state index in [2.05, 4.69) is 27.9 Å². The van der Waals surface area contributed by atoms with Crippen LogP contribution in [0.25, 0.3) is 0 Å². The van der Waals surface area contributed by atoms with Crippen molar-refractivity contribution in [3.8, 4) is 0 Å². The smallest absolute Gasteiger partial charge is 0.307 e. The summed E-state index contributed by atoms with van der Waals surface area (Å²) in [5.41, 5.74) is 9.19. The summed E-state index contributed by atoms with van der Waals surface area (Å²) in [6.45, 7) is 3.86. The molecule has 2 aromatic rings. The van der Waals surface area contributed by atoms with Crippen molar-refractivity contribution in [3.05, 3.63) is 62.7 Å². The summed E-state index contributed by atoms with van der Waals surface area (Å²) in [7, 11) is 0. The van der Waals surface area contributed by atoms with Gasteiger partial charge in [-0.25, -0.2) is 0 Å². The van der Waals surface area contributed by atoms with Crippen molar-refractivity contribution < 1.29 is 14.3 Å². The third-order valence-electron chi connectivity index (χ3n) is 3.87. The minimum atomic E-state index is -0.329. The number of carbonyl (C=O) groups excluding carboxylic acids is 2. The van der Waals surface area contributed by atoms with Gasteiger partial charge in [-0.05, 0) is 59.7 Å². The quantitative estimate of drug-likeness (QED) is 0.372. The molecule has 0 spiro atoms. The predicted molar refractivity (Wildman–Crippen MR) is 111 cm³/mol.